The van der Waals surface area contributed by atoms with E-state index in [9.17, 15) is 4.79 Å². The van der Waals surface area contributed by atoms with Gasteiger partial charge in [-0.25, -0.2) is 0 Å². The molecule has 0 bridgehead atoms. The van der Waals surface area contributed by atoms with Crippen LogP contribution in [0.2, 0.25) is 18.1 Å². The van der Waals surface area contributed by atoms with Crippen molar-refractivity contribution in [1.82, 2.24) is 4.90 Å². The standard InChI is InChI=1S/C34H47NO3SSi/c1-8-35(9-2)32(36)26-37-31(25-38-40(6,7)33(3,4)5)27-39-34(28-19-13-10-14-20-28,29-21-15-11-16-22-29)30-23-17-12-18-24-30/h10-24,31H,8-9,25-27H2,1-7H3/t31-/m0/s1. The van der Waals surface area contributed by atoms with E-state index < -0.39 is 13.1 Å². The second kappa shape index (κ2) is 14.5. The predicted molar refractivity (Wildman–Crippen MR) is 172 cm³/mol. The molecule has 3 aromatic rings. The maximum atomic E-state index is 12.9. The summed E-state index contributed by atoms with van der Waals surface area (Å²) in [6, 6.07) is 32.1. The van der Waals surface area contributed by atoms with Crippen molar-refractivity contribution in [2.75, 3.05) is 32.1 Å². The van der Waals surface area contributed by atoms with E-state index in [1.807, 2.05) is 30.5 Å². The smallest absolute Gasteiger partial charge is 0.248 e. The predicted octanol–water partition coefficient (Wildman–Crippen LogP) is 7.99. The van der Waals surface area contributed by atoms with Crippen LogP contribution in [0, 0.1) is 0 Å². The average molecular weight is 578 g/mol. The molecule has 0 aromatic heterocycles. The van der Waals surface area contributed by atoms with E-state index in [4.69, 9.17) is 9.16 Å². The van der Waals surface area contributed by atoms with Crippen LogP contribution in [0.4, 0.5) is 0 Å². The molecule has 3 rings (SSSR count). The summed E-state index contributed by atoms with van der Waals surface area (Å²) in [4.78, 5) is 14.7. The van der Waals surface area contributed by atoms with Crippen molar-refractivity contribution in [3.05, 3.63) is 108 Å². The second-order valence-corrected chi connectivity index (χ2v) is 17.7. The molecule has 0 spiro atoms. The fraction of sp³-hybridized carbons (Fsp3) is 0.441. The molecule has 0 saturated heterocycles. The lowest BCUT2D eigenvalue weighted by Crippen LogP contribution is -2.44. The van der Waals surface area contributed by atoms with E-state index in [1.54, 1.807) is 0 Å². The highest BCUT2D eigenvalue weighted by molar-refractivity contribution is 8.00. The molecule has 4 nitrogen and oxygen atoms in total. The van der Waals surface area contributed by atoms with Gasteiger partial charge in [-0.1, -0.05) is 112 Å². The van der Waals surface area contributed by atoms with Gasteiger partial charge in [0.05, 0.1) is 17.5 Å². The Bertz CT molecular complexity index is 1070. The number of likely N-dealkylation sites (N-methyl/N-ethyl adjacent to an activating group) is 1. The average Bonchev–Trinajstić information content (AvgIpc) is 2.96. The lowest BCUT2D eigenvalue weighted by molar-refractivity contribution is -0.137. The third kappa shape index (κ3) is 7.88. The van der Waals surface area contributed by atoms with Crippen LogP contribution in [0.15, 0.2) is 91.0 Å². The molecule has 0 unspecified atom stereocenters. The van der Waals surface area contributed by atoms with Crippen LogP contribution in [0.1, 0.15) is 51.3 Å². The molecule has 0 radical (unpaired) electrons. The molecule has 1 atom stereocenters. The first-order chi connectivity index (χ1) is 19.0. The first-order valence-corrected chi connectivity index (χ1v) is 18.3. The molecular formula is C34H47NO3SSi. The van der Waals surface area contributed by atoms with Crippen molar-refractivity contribution in [3.8, 4) is 0 Å². The zero-order valence-corrected chi connectivity index (χ0v) is 27.2. The molecule has 0 aliphatic heterocycles. The minimum atomic E-state index is -2.01. The Morgan fingerprint density at radius 1 is 0.800 bits per heavy atom. The number of rotatable bonds is 14. The molecule has 0 N–H and O–H groups in total. The summed E-state index contributed by atoms with van der Waals surface area (Å²) < 4.78 is 12.6. The summed E-state index contributed by atoms with van der Waals surface area (Å²) in [5.41, 5.74) is 3.63. The summed E-state index contributed by atoms with van der Waals surface area (Å²) in [7, 11) is -2.01. The van der Waals surface area contributed by atoms with E-state index in [0.29, 0.717) is 25.4 Å². The maximum absolute atomic E-state index is 12.9. The lowest BCUT2D eigenvalue weighted by Gasteiger charge is -2.39. The topological polar surface area (TPSA) is 38.8 Å². The van der Waals surface area contributed by atoms with Gasteiger partial charge in [0.2, 0.25) is 5.91 Å². The monoisotopic (exact) mass is 577 g/mol. The number of thioether (sulfide) groups is 1. The van der Waals surface area contributed by atoms with Gasteiger partial charge in [-0.05, 0) is 48.7 Å². The maximum Gasteiger partial charge on any atom is 0.248 e. The number of amides is 1. The minimum absolute atomic E-state index is 0.0211. The highest BCUT2D eigenvalue weighted by atomic mass is 32.2. The van der Waals surface area contributed by atoms with Gasteiger partial charge in [0.1, 0.15) is 6.61 Å². The number of carbonyl (C=O) groups excluding carboxylic acids is 1. The molecule has 216 valence electrons. The van der Waals surface area contributed by atoms with Gasteiger partial charge >= 0.3 is 0 Å². The van der Waals surface area contributed by atoms with Gasteiger partial charge in [0.25, 0.3) is 0 Å². The van der Waals surface area contributed by atoms with Crippen LogP contribution in [0.25, 0.3) is 0 Å². The molecule has 0 aliphatic rings. The quantitative estimate of drug-likeness (QED) is 0.144. The summed E-state index contributed by atoms with van der Waals surface area (Å²) >= 11 is 1.85. The summed E-state index contributed by atoms with van der Waals surface area (Å²) in [5.74, 6) is 0.687. The van der Waals surface area contributed by atoms with Crippen molar-refractivity contribution in [2.24, 2.45) is 0 Å². The molecule has 3 aromatic carbocycles. The van der Waals surface area contributed by atoms with E-state index in [2.05, 4.69) is 125 Å². The number of carbonyl (C=O) groups is 1. The van der Waals surface area contributed by atoms with Crippen LogP contribution in [-0.2, 0) is 18.7 Å². The van der Waals surface area contributed by atoms with Gasteiger partial charge in [-0.2, -0.15) is 0 Å². The molecule has 6 heteroatoms. The number of hydrogen-bond donors (Lipinski definition) is 0. The van der Waals surface area contributed by atoms with Crippen molar-refractivity contribution < 1.29 is 14.0 Å². The Balaban J connectivity index is 1.99. The van der Waals surface area contributed by atoms with Crippen LogP contribution < -0.4 is 0 Å². The fourth-order valence-electron chi connectivity index (χ4n) is 4.51. The molecule has 40 heavy (non-hydrogen) atoms. The molecule has 0 fully saturated rings. The van der Waals surface area contributed by atoms with Gasteiger partial charge in [0.15, 0.2) is 8.32 Å². The normalized spacial score (nSPS) is 13.2. The minimum Gasteiger partial charge on any atom is -0.414 e. The van der Waals surface area contributed by atoms with Crippen molar-refractivity contribution >= 4 is 26.0 Å². The number of hydrogen-bond acceptors (Lipinski definition) is 4. The third-order valence-corrected chi connectivity index (χ3v) is 14.2. The van der Waals surface area contributed by atoms with Gasteiger partial charge in [-0.15, -0.1) is 11.8 Å². The van der Waals surface area contributed by atoms with E-state index in [0.717, 1.165) is 0 Å². The number of nitrogens with zero attached hydrogens (tertiary/aromatic N) is 1. The highest BCUT2D eigenvalue weighted by Gasteiger charge is 2.40. The Kier molecular flexibility index (Phi) is 11.6. The zero-order chi connectivity index (χ0) is 29.2. The number of benzene rings is 3. The molecular weight excluding hydrogens is 531 g/mol. The molecule has 0 heterocycles. The summed E-state index contributed by atoms with van der Waals surface area (Å²) in [5, 5.41) is 0.0869. The largest absolute Gasteiger partial charge is 0.414 e. The van der Waals surface area contributed by atoms with E-state index in [1.165, 1.54) is 16.7 Å². The third-order valence-electron chi connectivity index (χ3n) is 8.02. The van der Waals surface area contributed by atoms with E-state index in [-0.39, 0.29) is 23.7 Å². The summed E-state index contributed by atoms with van der Waals surface area (Å²) in [6.07, 6.45) is -0.242. The Morgan fingerprint density at radius 2 is 1.23 bits per heavy atom. The summed E-state index contributed by atoms with van der Waals surface area (Å²) in [6.45, 7) is 17.2. The zero-order valence-electron chi connectivity index (χ0n) is 25.4. The Labute approximate surface area is 247 Å². The SMILES string of the molecule is CCN(CC)C(=O)CO[C@@H](CO[Si](C)(C)C(C)(C)C)CSC(c1ccccc1)(c1ccccc1)c1ccccc1. The van der Waals surface area contributed by atoms with Gasteiger partial charge in [-0.3, -0.25) is 4.79 Å². The first-order valence-electron chi connectivity index (χ1n) is 14.4. The first kappa shape index (κ1) is 32.1. The van der Waals surface area contributed by atoms with Crippen LogP contribution in [-0.4, -0.2) is 57.3 Å². The molecule has 0 saturated carbocycles. The van der Waals surface area contributed by atoms with Crippen molar-refractivity contribution in [2.45, 2.75) is 63.6 Å². The van der Waals surface area contributed by atoms with Gasteiger partial charge < -0.3 is 14.1 Å². The highest BCUT2D eigenvalue weighted by Crippen LogP contribution is 2.49. The fourth-order valence-corrected chi connectivity index (χ4v) is 7.08. The second-order valence-electron chi connectivity index (χ2n) is 11.7. The van der Waals surface area contributed by atoms with E-state index >= 15 is 0 Å². The van der Waals surface area contributed by atoms with Gasteiger partial charge in [0, 0.05) is 18.8 Å². The Morgan fingerprint density at radius 3 is 1.60 bits per heavy atom. The molecule has 0 aliphatic carbocycles. The lowest BCUT2D eigenvalue weighted by atomic mass is 9.84. The van der Waals surface area contributed by atoms with Crippen LogP contribution in [0.3, 0.4) is 0 Å². The van der Waals surface area contributed by atoms with Crippen molar-refractivity contribution in [1.29, 1.82) is 0 Å². The Hall–Kier alpha value is -2.38. The number of ether oxygens (including phenoxy) is 1. The molecule has 1 amide bonds. The van der Waals surface area contributed by atoms with Crippen LogP contribution in [0.5, 0.6) is 0 Å². The van der Waals surface area contributed by atoms with Crippen molar-refractivity contribution in [3.63, 3.8) is 0 Å². The van der Waals surface area contributed by atoms with Crippen LogP contribution >= 0.6 is 11.8 Å².